The summed E-state index contributed by atoms with van der Waals surface area (Å²) in [5.74, 6) is -0.349. The van der Waals surface area contributed by atoms with Gasteiger partial charge in [-0.3, -0.25) is 0 Å². The normalized spacial score (nSPS) is 9.93. The van der Waals surface area contributed by atoms with Gasteiger partial charge in [-0.1, -0.05) is 18.2 Å². The standard InChI is InChI=1S/C10H8FN3O/c11-8-6-13-10(12)14-9(8)15-7-4-2-1-3-5-7/h1-6H,(H2,12,13,14). The van der Waals surface area contributed by atoms with Crippen LogP contribution in [0.25, 0.3) is 0 Å². The molecule has 1 aromatic carbocycles. The third-order valence-electron chi connectivity index (χ3n) is 1.69. The number of halogens is 1. The van der Waals surface area contributed by atoms with Crippen LogP contribution in [-0.4, -0.2) is 9.97 Å². The molecule has 0 amide bonds. The minimum Gasteiger partial charge on any atom is -0.436 e. The van der Waals surface area contributed by atoms with Crippen molar-refractivity contribution in [2.24, 2.45) is 0 Å². The van der Waals surface area contributed by atoms with Crippen molar-refractivity contribution in [1.29, 1.82) is 0 Å². The number of nitrogens with two attached hydrogens (primary N) is 1. The quantitative estimate of drug-likeness (QED) is 0.814. The first-order valence-electron chi connectivity index (χ1n) is 4.26. The summed E-state index contributed by atoms with van der Waals surface area (Å²) in [6, 6.07) is 8.77. The van der Waals surface area contributed by atoms with E-state index in [1.807, 2.05) is 6.07 Å². The number of para-hydroxylation sites is 1. The Bertz CT molecular complexity index is 461. The highest BCUT2D eigenvalue weighted by Gasteiger charge is 2.07. The maximum absolute atomic E-state index is 13.1. The van der Waals surface area contributed by atoms with Crippen LogP contribution in [0.5, 0.6) is 11.6 Å². The summed E-state index contributed by atoms with van der Waals surface area (Å²) in [6.07, 6.45) is 0.973. The first-order valence-corrected chi connectivity index (χ1v) is 4.26. The van der Waals surface area contributed by atoms with Gasteiger partial charge in [0.1, 0.15) is 5.75 Å². The fourth-order valence-electron chi connectivity index (χ4n) is 1.04. The van der Waals surface area contributed by atoms with E-state index in [9.17, 15) is 4.39 Å². The zero-order valence-electron chi connectivity index (χ0n) is 7.72. The van der Waals surface area contributed by atoms with Gasteiger partial charge in [0.2, 0.25) is 11.8 Å². The van der Waals surface area contributed by atoms with Crippen LogP contribution < -0.4 is 10.5 Å². The summed E-state index contributed by atoms with van der Waals surface area (Å²) in [4.78, 5) is 7.13. The van der Waals surface area contributed by atoms with E-state index in [2.05, 4.69) is 9.97 Å². The number of nitrogens with zero attached hydrogens (tertiary/aromatic N) is 2. The zero-order chi connectivity index (χ0) is 10.7. The Labute approximate surface area is 85.5 Å². The smallest absolute Gasteiger partial charge is 0.260 e. The Balaban J connectivity index is 2.28. The second-order valence-electron chi connectivity index (χ2n) is 2.80. The highest BCUT2D eigenvalue weighted by atomic mass is 19.1. The second kappa shape index (κ2) is 3.91. The molecule has 1 aromatic heterocycles. The lowest BCUT2D eigenvalue weighted by Gasteiger charge is -2.04. The molecule has 0 spiro atoms. The van der Waals surface area contributed by atoms with E-state index in [0.717, 1.165) is 6.20 Å². The van der Waals surface area contributed by atoms with E-state index in [0.29, 0.717) is 5.75 Å². The first kappa shape index (κ1) is 9.39. The lowest BCUT2D eigenvalue weighted by Crippen LogP contribution is -1.99. The summed E-state index contributed by atoms with van der Waals surface area (Å²) < 4.78 is 18.3. The minimum absolute atomic E-state index is 0.0256. The summed E-state index contributed by atoms with van der Waals surface area (Å²) in [5, 5.41) is 0. The van der Waals surface area contributed by atoms with Crippen molar-refractivity contribution >= 4 is 5.95 Å². The molecule has 0 radical (unpaired) electrons. The molecule has 2 rings (SSSR count). The molecule has 2 aromatic rings. The van der Waals surface area contributed by atoms with Gasteiger partial charge in [0.15, 0.2) is 0 Å². The zero-order valence-corrected chi connectivity index (χ0v) is 7.72. The summed E-state index contributed by atoms with van der Waals surface area (Å²) >= 11 is 0. The van der Waals surface area contributed by atoms with Crippen molar-refractivity contribution < 1.29 is 9.13 Å². The third kappa shape index (κ3) is 2.19. The van der Waals surface area contributed by atoms with Crippen molar-refractivity contribution in [3.8, 4) is 11.6 Å². The average Bonchev–Trinajstić information content (AvgIpc) is 2.25. The van der Waals surface area contributed by atoms with Crippen molar-refractivity contribution in [3.63, 3.8) is 0 Å². The number of hydrogen-bond donors (Lipinski definition) is 1. The molecule has 2 N–H and O–H groups in total. The number of nitrogen functional groups attached to an aromatic ring is 1. The van der Waals surface area contributed by atoms with Gasteiger partial charge >= 0.3 is 0 Å². The molecule has 0 bridgehead atoms. The predicted molar refractivity (Wildman–Crippen MR) is 52.9 cm³/mol. The maximum Gasteiger partial charge on any atom is 0.260 e. The molecule has 0 fully saturated rings. The summed E-state index contributed by atoms with van der Waals surface area (Å²) in [6.45, 7) is 0. The van der Waals surface area contributed by atoms with Gasteiger partial charge in [0.25, 0.3) is 5.88 Å². The molecule has 0 aliphatic heterocycles. The Kier molecular flexibility index (Phi) is 2.45. The average molecular weight is 205 g/mol. The molecule has 0 saturated heterocycles. The number of hydrogen-bond acceptors (Lipinski definition) is 4. The fourth-order valence-corrected chi connectivity index (χ4v) is 1.04. The molecule has 1 heterocycles. The van der Waals surface area contributed by atoms with E-state index < -0.39 is 5.82 Å². The Morgan fingerprint density at radius 1 is 1.20 bits per heavy atom. The largest absolute Gasteiger partial charge is 0.436 e. The number of anilines is 1. The van der Waals surface area contributed by atoms with Crippen molar-refractivity contribution in [2.75, 3.05) is 5.73 Å². The van der Waals surface area contributed by atoms with Gasteiger partial charge in [-0.2, -0.15) is 9.37 Å². The highest BCUT2D eigenvalue weighted by Crippen LogP contribution is 2.21. The van der Waals surface area contributed by atoms with Crippen LogP contribution in [-0.2, 0) is 0 Å². The third-order valence-corrected chi connectivity index (χ3v) is 1.69. The Morgan fingerprint density at radius 3 is 2.67 bits per heavy atom. The lowest BCUT2D eigenvalue weighted by atomic mass is 10.3. The summed E-state index contributed by atoms with van der Waals surface area (Å²) in [5.41, 5.74) is 5.31. The molecule has 0 saturated carbocycles. The van der Waals surface area contributed by atoms with Crippen LogP contribution in [0, 0.1) is 5.82 Å². The van der Waals surface area contributed by atoms with Crippen LogP contribution in [0.15, 0.2) is 36.5 Å². The van der Waals surface area contributed by atoms with Crippen molar-refractivity contribution in [3.05, 3.63) is 42.3 Å². The molecular formula is C10H8FN3O. The van der Waals surface area contributed by atoms with Gasteiger partial charge in [0.05, 0.1) is 6.20 Å². The number of benzene rings is 1. The Morgan fingerprint density at radius 2 is 1.93 bits per heavy atom. The van der Waals surface area contributed by atoms with Crippen LogP contribution >= 0.6 is 0 Å². The van der Waals surface area contributed by atoms with E-state index in [-0.39, 0.29) is 11.8 Å². The van der Waals surface area contributed by atoms with Crippen LogP contribution in [0.2, 0.25) is 0 Å². The van der Waals surface area contributed by atoms with Crippen LogP contribution in [0.3, 0.4) is 0 Å². The van der Waals surface area contributed by atoms with Crippen LogP contribution in [0.1, 0.15) is 0 Å². The topological polar surface area (TPSA) is 61.0 Å². The Hall–Kier alpha value is -2.17. The lowest BCUT2D eigenvalue weighted by molar-refractivity contribution is 0.421. The van der Waals surface area contributed by atoms with Gasteiger partial charge in [0, 0.05) is 0 Å². The molecule has 76 valence electrons. The fraction of sp³-hybridized carbons (Fsp3) is 0. The number of rotatable bonds is 2. The molecule has 0 aliphatic rings. The van der Waals surface area contributed by atoms with Crippen LogP contribution in [0.4, 0.5) is 10.3 Å². The number of ether oxygens (including phenoxy) is 1. The van der Waals surface area contributed by atoms with Crippen molar-refractivity contribution in [2.45, 2.75) is 0 Å². The van der Waals surface area contributed by atoms with Gasteiger partial charge < -0.3 is 10.5 Å². The molecular weight excluding hydrogens is 197 g/mol. The van der Waals surface area contributed by atoms with Gasteiger partial charge in [-0.05, 0) is 12.1 Å². The highest BCUT2D eigenvalue weighted by molar-refractivity contribution is 5.29. The van der Waals surface area contributed by atoms with E-state index in [1.54, 1.807) is 24.3 Å². The molecule has 4 nitrogen and oxygen atoms in total. The van der Waals surface area contributed by atoms with Gasteiger partial charge in [-0.15, -0.1) is 0 Å². The SMILES string of the molecule is Nc1ncc(F)c(Oc2ccccc2)n1. The first-order chi connectivity index (χ1) is 7.25. The molecule has 0 unspecified atom stereocenters. The van der Waals surface area contributed by atoms with E-state index >= 15 is 0 Å². The molecule has 15 heavy (non-hydrogen) atoms. The van der Waals surface area contributed by atoms with E-state index in [4.69, 9.17) is 10.5 Å². The summed E-state index contributed by atoms with van der Waals surface area (Å²) in [7, 11) is 0. The monoisotopic (exact) mass is 205 g/mol. The molecule has 0 aliphatic carbocycles. The van der Waals surface area contributed by atoms with E-state index in [1.165, 1.54) is 0 Å². The predicted octanol–water partition coefficient (Wildman–Crippen LogP) is 1.99. The second-order valence-corrected chi connectivity index (χ2v) is 2.80. The molecule has 5 heteroatoms. The van der Waals surface area contributed by atoms with Crippen molar-refractivity contribution in [1.82, 2.24) is 9.97 Å². The minimum atomic E-state index is -0.645. The number of aromatic nitrogens is 2. The molecule has 0 atom stereocenters. The van der Waals surface area contributed by atoms with Gasteiger partial charge in [-0.25, -0.2) is 4.98 Å². The maximum atomic E-state index is 13.1.